The predicted octanol–water partition coefficient (Wildman–Crippen LogP) is 2.29. The van der Waals surface area contributed by atoms with Gasteiger partial charge in [0.25, 0.3) is 0 Å². The first-order valence-electron chi connectivity index (χ1n) is 4.60. The van der Waals surface area contributed by atoms with Crippen molar-refractivity contribution in [2.24, 2.45) is 5.92 Å². The molecule has 1 heterocycles. The summed E-state index contributed by atoms with van der Waals surface area (Å²) < 4.78 is 0. The second-order valence-electron chi connectivity index (χ2n) is 3.59. The monoisotopic (exact) mass is 153 g/mol. The largest absolute Gasteiger partial charge is 0.306 e. The molecule has 1 fully saturated rings. The molecule has 0 aromatic carbocycles. The molecule has 0 aliphatic carbocycles. The minimum Gasteiger partial charge on any atom is -0.306 e. The van der Waals surface area contributed by atoms with Gasteiger partial charge in [0.05, 0.1) is 0 Å². The summed E-state index contributed by atoms with van der Waals surface area (Å²) >= 11 is 0. The molecule has 0 aromatic rings. The van der Waals surface area contributed by atoms with Crippen LogP contribution in [0.4, 0.5) is 0 Å². The molecule has 0 unspecified atom stereocenters. The van der Waals surface area contributed by atoms with Crippen LogP contribution in [0.2, 0.25) is 0 Å². The third-order valence-electron chi connectivity index (χ3n) is 2.75. The van der Waals surface area contributed by atoms with E-state index in [4.69, 9.17) is 0 Å². The zero-order chi connectivity index (χ0) is 8.27. The van der Waals surface area contributed by atoms with Gasteiger partial charge in [-0.1, -0.05) is 19.1 Å². The predicted molar refractivity (Wildman–Crippen MR) is 49.7 cm³/mol. The first-order chi connectivity index (χ1) is 5.24. The lowest BCUT2D eigenvalue weighted by Crippen LogP contribution is -2.30. The lowest BCUT2D eigenvalue weighted by atomic mass is 9.89. The summed E-state index contributed by atoms with van der Waals surface area (Å²) in [6, 6.07) is 0. The first kappa shape index (κ1) is 8.79. The molecule has 0 saturated carbocycles. The molecule has 0 N–H and O–H groups in total. The maximum Gasteiger partial charge on any atom is -0.00161 e. The molecule has 11 heavy (non-hydrogen) atoms. The van der Waals surface area contributed by atoms with E-state index in [1.807, 2.05) is 0 Å². The molecule has 0 spiro atoms. The lowest BCUT2D eigenvalue weighted by molar-refractivity contribution is 0.236. The molecule has 0 amide bonds. The van der Waals surface area contributed by atoms with Crippen molar-refractivity contribution in [1.29, 1.82) is 0 Å². The first-order valence-corrected chi connectivity index (χ1v) is 4.60. The highest BCUT2D eigenvalue weighted by Crippen LogP contribution is 2.24. The summed E-state index contributed by atoms with van der Waals surface area (Å²) in [6.45, 7) is 8.82. The summed E-state index contributed by atoms with van der Waals surface area (Å²) in [7, 11) is 2.20. The highest BCUT2D eigenvalue weighted by Gasteiger charge is 2.17. The minimum absolute atomic E-state index is 0.816. The fourth-order valence-corrected chi connectivity index (χ4v) is 1.71. The van der Waals surface area contributed by atoms with E-state index in [0.717, 1.165) is 12.3 Å². The van der Waals surface area contributed by atoms with Crippen LogP contribution in [0.3, 0.4) is 0 Å². The average molecular weight is 153 g/mol. The summed E-state index contributed by atoms with van der Waals surface area (Å²) in [5.74, 6) is 0.816. The van der Waals surface area contributed by atoms with Crippen molar-refractivity contribution in [2.75, 3.05) is 20.1 Å². The van der Waals surface area contributed by atoms with Crippen LogP contribution < -0.4 is 0 Å². The maximum atomic E-state index is 4.10. The van der Waals surface area contributed by atoms with Crippen molar-refractivity contribution >= 4 is 0 Å². The number of allylic oxidation sites excluding steroid dienone is 1. The van der Waals surface area contributed by atoms with Crippen molar-refractivity contribution in [2.45, 2.75) is 26.2 Å². The van der Waals surface area contributed by atoms with Crippen LogP contribution in [0.15, 0.2) is 12.2 Å². The van der Waals surface area contributed by atoms with Crippen LogP contribution in [0.5, 0.6) is 0 Å². The van der Waals surface area contributed by atoms with Crippen molar-refractivity contribution in [3.63, 3.8) is 0 Å². The fraction of sp³-hybridized carbons (Fsp3) is 0.800. The Balaban J connectivity index is 2.33. The Kier molecular flexibility index (Phi) is 3.13. The standard InChI is InChI=1S/C10H19N/c1-4-9(2)10-5-7-11(3)8-6-10/h10H,2,4-8H2,1,3H3. The SMILES string of the molecule is C=C(CC)C1CCN(C)CC1. The van der Waals surface area contributed by atoms with Crippen molar-refractivity contribution in [3.05, 3.63) is 12.2 Å². The quantitative estimate of drug-likeness (QED) is 0.550. The molecule has 64 valence electrons. The third-order valence-corrected chi connectivity index (χ3v) is 2.75. The number of likely N-dealkylation sites (tertiary alicyclic amines) is 1. The smallest absolute Gasteiger partial charge is 0.00161 e. The summed E-state index contributed by atoms with van der Waals surface area (Å²) in [5, 5.41) is 0. The van der Waals surface area contributed by atoms with Gasteiger partial charge in [-0.25, -0.2) is 0 Å². The second kappa shape index (κ2) is 3.91. The van der Waals surface area contributed by atoms with E-state index >= 15 is 0 Å². The van der Waals surface area contributed by atoms with Crippen molar-refractivity contribution < 1.29 is 0 Å². The van der Waals surface area contributed by atoms with Crippen LogP contribution in [0, 0.1) is 5.92 Å². The highest BCUT2D eigenvalue weighted by atomic mass is 15.1. The second-order valence-corrected chi connectivity index (χ2v) is 3.59. The van der Waals surface area contributed by atoms with Gasteiger partial charge in [-0.2, -0.15) is 0 Å². The van der Waals surface area contributed by atoms with Gasteiger partial charge in [0.2, 0.25) is 0 Å². The zero-order valence-corrected chi connectivity index (χ0v) is 7.77. The number of rotatable bonds is 2. The molecule has 0 atom stereocenters. The molecule has 0 bridgehead atoms. The average Bonchev–Trinajstić information content (AvgIpc) is 2.05. The van der Waals surface area contributed by atoms with Crippen LogP contribution >= 0.6 is 0 Å². The molecular formula is C10H19N. The van der Waals surface area contributed by atoms with Gasteiger partial charge in [0, 0.05) is 0 Å². The van der Waals surface area contributed by atoms with Crippen molar-refractivity contribution in [1.82, 2.24) is 4.90 Å². The van der Waals surface area contributed by atoms with Gasteiger partial charge in [0.15, 0.2) is 0 Å². The summed E-state index contributed by atoms with van der Waals surface area (Å²) in [6.07, 6.45) is 3.81. The molecule has 1 rings (SSSR count). The zero-order valence-electron chi connectivity index (χ0n) is 7.77. The van der Waals surface area contributed by atoms with Gasteiger partial charge in [-0.3, -0.25) is 0 Å². The van der Waals surface area contributed by atoms with E-state index in [9.17, 15) is 0 Å². The molecule has 0 radical (unpaired) electrons. The van der Waals surface area contributed by atoms with Gasteiger partial charge in [-0.05, 0) is 45.3 Å². The Bertz CT molecular complexity index is 132. The summed E-state index contributed by atoms with van der Waals surface area (Å²) in [5.41, 5.74) is 1.46. The van der Waals surface area contributed by atoms with Crippen LogP contribution in [0.1, 0.15) is 26.2 Å². The summed E-state index contributed by atoms with van der Waals surface area (Å²) in [4.78, 5) is 2.40. The number of nitrogens with zero attached hydrogens (tertiary/aromatic N) is 1. The molecular weight excluding hydrogens is 134 g/mol. The van der Waals surface area contributed by atoms with Crippen molar-refractivity contribution in [3.8, 4) is 0 Å². The Morgan fingerprint density at radius 2 is 2.00 bits per heavy atom. The van der Waals surface area contributed by atoms with E-state index in [2.05, 4.69) is 25.5 Å². The lowest BCUT2D eigenvalue weighted by Gasteiger charge is -2.29. The van der Waals surface area contributed by atoms with E-state index in [0.29, 0.717) is 0 Å². The molecule has 0 aromatic heterocycles. The van der Waals surface area contributed by atoms with Crippen LogP contribution in [0.25, 0.3) is 0 Å². The highest BCUT2D eigenvalue weighted by molar-refractivity contribution is 5.01. The Morgan fingerprint density at radius 3 is 2.45 bits per heavy atom. The van der Waals surface area contributed by atoms with Crippen LogP contribution in [-0.4, -0.2) is 25.0 Å². The molecule has 1 aliphatic rings. The van der Waals surface area contributed by atoms with Crippen LogP contribution in [-0.2, 0) is 0 Å². The third kappa shape index (κ3) is 2.33. The van der Waals surface area contributed by atoms with E-state index in [1.165, 1.54) is 31.5 Å². The maximum absolute atomic E-state index is 4.10. The number of piperidine rings is 1. The van der Waals surface area contributed by atoms with Gasteiger partial charge >= 0.3 is 0 Å². The molecule has 1 nitrogen and oxygen atoms in total. The Hall–Kier alpha value is -0.300. The topological polar surface area (TPSA) is 3.24 Å². The Morgan fingerprint density at radius 1 is 1.45 bits per heavy atom. The van der Waals surface area contributed by atoms with E-state index in [-0.39, 0.29) is 0 Å². The van der Waals surface area contributed by atoms with E-state index in [1.54, 1.807) is 0 Å². The number of hydrogen-bond acceptors (Lipinski definition) is 1. The minimum atomic E-state index is 0.816. The van der Waals surface area contributed by atoms with Gasteiger partial charge < -0.3 is 4.90 Å². The van der Waals surface area contributed by atoms with Gasteiger partial charge in [-0.15, -0.1) is 0 Å². The normalized spacial score (nSPS) is 22.0. The van der Waals surface area contributed by atoms with E-state index < -0.39 is 0 Å². The molecule has 1 saturated heterocycles. The fourth-order valence-electron chi connectivity index (χ4n) is 1.71. The number of hydrogen-bond donors (Lipinski definition) is 0. The molecule has 1 heteroatoms. The molecule has 1 aliphatic heterocycles. The Labute approximate surface area is 70.1 Å². The van der Waals surface area contributed by atoms with Gasteiger partial charge in [0.1, 0.15) is 0 Å².